The molecule has 0 unspecified atom stereocenters. The second-order valence-electron chi connectivity index (χ2n) is 5.77. The zero-order valence-electron chi connectivity index (χ0n) is 14.6. The number of ether oxygens (including phenoxy) is 1. The van der Waals surface area contributed by atoms with Gasteiger partial charge < -0.3 is 4.74 Å². The number of carbonyl (C=O) groups is 1. The predicted molar refractivity (Wildman–Crippen MR) is 100 cm³/mol. The van der Waals surface area contributed by atoms with Crippen molar-refractivity contribution in [1.29, 1.82) is 0 Å². The number of esters is 1. The Morgan fingerprint density at radius 1 is 0.929 bits per heavy atom. The number of rotatable bonds is 5. The Balaban J connectivity index is 2.06. The molecule has 144 valence electrons. The lowest BCUT2D eigenvalue weighted by molar-refractivity contribution is 0.0595. The topological polar surface area (TPSA) is 72.5 Å². The lowest BCUT2D eigenvalue weighted by Crippen LogP contribution is -2.16. The van der Waals surface area contributed by atoms with Crippen LogP contribution in [0.4, 0.5) is 14.5 Å². The van der Waals surface area contributed by atoms with E-state index in [2.05, 4.69) is 9.46 Å². The van der Waals surface area contributed by atoms with Gasteiger partial charge in [0.25, 0.3) is 10.0 Å². The lowest BCUT2D eigenvalue weighted by atomic mass is 10.1. The molecule has 0 radical (unpaired) electrons. The molecule has 0 heterocycles. The number of nitrogens with one attached hydrogen (secondary N) is 1. The van der Waals surface area contributed by atoms with Crippen molar-refractivity contribution < 1.29 is 26.7 Å². The minimum Gasteiger partial charge on any atom is -0.465 e. The number of halogens is 2. The van der Waals surface area contributed by atoms with E-state index in [-0.39, 0.29) is 4.90 Å². The highest BCUT2D eigenvalue weighted by atomic mass is 32.2. The van der Waals surface area contributed by atoms with Gasteiger partial charge in [0.2, 0.25) is 0 Å². The highest BCUT2D eigenvalue weighted by Crippen LogP contribution is 2.30. The molecule has 0 amide bonds. The third-order valence-corrected chi connectivity index (χ3v) is 5.39. The highest BCUT2D eigenvalue weighted by Gasteiger charge is 2.23. The van der Waals surface area contributed by atoms with Gasteiger partial charge in [-0.05, 0) is 17.7 Å². The van der Waals surface area contributed by atoms with Crippen LogP contribution in [0.3, 0.4) is 0 Å². The quantitative estimate of drug-likeness (QED) is 0.648. The minimum absolute atomic E-state index is 0.0930. The first-order chi connectivity index (χ1) is 13.3. The van der Waals surface area contributed by atoms with Crippen molar-refractivity contribution in [2.24, 2.45) is 0 Å². The standard InChI is InChI=1S/C20H15F2NO4S/c1-27-20(24)15-11-18(17(22)12-16(15)21)23-28(25,26)19-10-6-5-9-14(19)13-7-3-2-4-8-13/h2-12,23H,1H3. The first kappa shape index (κ1) is 19.5. The molecule has 8 heteroatoms. The number of carbonyl (C=O) groups excluding carboxylic acids is 1. The minimum atomic E-state index is -4.24. The van der Waals surface area contributed by atoms with Gasteiger partial charge in [0.1, 0.15) is 11.6 Å². The van der Waals surface area contributed by atoms with Crippen molar-refractivity contribution in [2.75, 3.05) is 11.8 Å². The molecule has 1 N–H and O–H groups in total. The van der Waals surface area contributed by atoms with Gasteiger partial charge in [-0.15, -0.1) is 0 Å². The number of methoxy groups -OCH3 is 1. The monoisotopic (exact) mass is 403 g/mol. The summed E-state index contributed by atoms with van der Waals surface area (Å²) in [5, 5.41) is 0. The predicted octanol–water partition coefficient (Wildman–Crippen LogP) is 4.22. The smallest absolute Gasteiger partial charge is 0.340 e. The van der Waals surface area contributed by atoms with Crippen LogP contribution in [-0.2, 0) is 14.8 Å². The molecular weight excluding hydrogens is 388 g/mol. The molecule has 0 fully saturated rings. The van der Waals surface area contributed by atoms with E-state index < -0.39 is 38.9 Å². The number of sulfonamides is 1. The van der Waals surface area contributed by atoms with Crippen LogP contribution in [0.15, 0.2) is 71.6 Å². The van der Waals surface area contributed by atoms with Gasteiger partial charge in [0.05, 0.1) is 23.3 Å². The summed E-state index contributed by atoms with van der Waals surface area (Å²) in [6, 6.07) is 16.2. The molecule has 0 saturated carbocycles. The molecule has 0 aromatic heterocycles. The Kier molecular flexibility index (Phi) is 5.41. The van der Waals surface area contributed by atoms with Crippen LogP contribution in [-0.4, -0.2) is 21.5 Å². The van der Waals surface area contributed by atoms with Gasteiger partial charge in [-0.25, -0.2) is 22.0 Å². The summed E-state index contributed by atoms with van der Waals surface area (Å²) in [5.74, 6) is -3.37. The number of anilines is 1. The maximum Gasteiger partial charge on any atom is 0.340 e. The normalized spacial score (nSPS) is 11.1. The molecule has 5 nitrogen and oxygen atoms in total. The maximum atomic E-state index is 14.1. The van der Waals surface area contributed by atoms with Crippen LogP contribution in [0.2, 0.25) is 0 Å². The average molecular weight is 403 g/mol. The SMILES string of the molecule is COC(=O)c1cc(NS(=O)(=O)c2ccccc2-c2ccccc2)c(F)cc1F. The van der Waals surface area contributed by atoms with Crippen molar-refractivity contribution in [3.05, 3.63) is 83.9 Å². The van der Waals surface area contributed by atoms with E-state index in [0.717, 1.165) is 13.2 Å². The Bertz CT molecular complexity index is 1130. The summed E-state index contributed by atoms with van der Waals surface area (Å²) in [6.07, 6.45) is 0. The summed E-state index contributed by atoms with van der Waals surface area (Å²) in [6.45, 7) is 0. The first-order valence-corrected chi connectivity index (χ1v) is 9.56. The summed E-state index contributed by atoms with van der Waals surface area (Å²) < 4.78 is 60.2. The van der Waals surface area contributed by atoms with E-state index in [0.29, 0.717) is 17.2 Å². The van der Waals surface area contributed by atoms with E-state index in [1.807, 2.05) is 0 Å². The summed E-state index contributed by atoms with van der Waals surface area (Å²) >= 11 is 0. The Hall–Kier alpha value is -3.26. The fraction of sp³-hybridized carbons (Fsp3) is 0.0500. The molecule has 0 bridgehead atoms. The van der Waals surface area contributed by atoms with E-state index in [9.17, 15) is 22.0 Å². The van der Waals surface area contributed by atoms with Gasteiger partial charge in [-0.1, -0.05) is 48.5 Å². The van der Waals surface area contributed by atoms with E-state index >= 15 is 0 Å². The molecule has 0 aliphatic carbocycles. The fourth-order valence-electron chi connectivity index (χ4n) is 2.65. The average Bonchev–Trinajstić information content (AvgIpc) is 2.70. The Morgan fingerprint density at radius 3 is 2.25 bits per heavy atom. The largest absolute Gasteiger partial charge is 0.465 e. The van der Waals surface area contributed by atoms with Gasteiger partial charge in [-0.3, -0.25) is 4.72 Å². The van der Waals surface area contributed by atoms with Crippen molar-refractivity contribution >= 4 is 21.7 Å². The van der Waals surface area contributed by atoms with E-state index in [1.165, 1.54) is 12.1 Å². The van der Waals surface area contributed by atoms with Crippen LogP contribution >= 0.6 is 0 Å². The van der Waals surface area contributed by atoms with Crippen LogP contribution < -0.4 is 4.72 Å². The van der Waals surface area contributed by atoms with Crippen molar-refractivity contribution in [2.45, 2.75) is 4.90 Å². The Morgan fingerprint density at radius 2 is 1.57 bits per heavy atom. The number of hydrogen-bond donors (Lipinski definition) is 1. The second kappa shape index (κ2) is 7.77. The van der Waals surface area contributed by atoms with Crippen LogP contribution in [0.25, 0.3) is 11.1 Å². The summed E-state index contributed by atoms with van der Waals surface area (Å²) in [5.41, 5.74) is -0.0905. The highest BCUT2D eigenvalue weighted by molar-refractivity contribution is 7.92. The van der Waals surface area contributed by atoms with Crippen molar-refractivity contribution in [3.8, 4) is 11.1 Å². The summed E-state index contributed by atoms with van der Waals surface area (Å²) in [4.78, 5) is 11.5. The van der Waals surface area contributed by atoms with Crippen molar-refractivity contribution in [1.82, 2.24) is 0 Å². The molecule has 0 spiro atoms. The molecule has 3 aromatic rings. The molecule has 0 aliphatic heterocycles. The Labute approximate surface area is 160 Å². The fourth-order valence-corrected chi connectivity index (χ4v) is 3.94. The zero-order chi connectivity index (χ0) is 20.3. The molecule has 0 atom stereocenters. The van der Waals surface area contributed by atoms with Crippen LogP contribution in [0, 0.1) is 11.6 Å². The second-order valence-corrected chi connectivity index (χ2v) is 7.42. The molecule has 0 aliphatic rings. The van der Waals surface area contributed by atoms with Gasteiger partial charge in [0, 0.05) is 11.6 Å². The molecule has 28 heavy (non-hydrogen) atoms. The third kappa shape index (κ3) is 3.86. The lowest BCUT2D eigenvalue weighted by Gasteiger charge is -2.14. The zero-order valence-corrected chi connectivity index (χ0v) is 15.5. The van der Waals surface area contributed by atoms with Crippen LogP contribution in [0.1, 0.15) is 10.4 Å². The van der Waals surface area contributed by atoms with Gasteiger partial charge in [-0.2, -0.15) is 0 Å². The first-order valence-electron chi connectivity index (χ1n) is 8.08. The van der Waals surface area contributed by atoms with Crippen molar-refractivity contribution in [3.63, 3.8) is 0 Å². The van der Waals surface area contributed by atoms with Gasteiger partial charge in [0.15, 0.2) is 0 Å². The molecular formula is C20H15F2NO4S. The third-order valence-electron chi connectivity index (χ3n) is 3.97. The number of benzene rings is 3. The van der Waals surface area contributed by atoms with E-state index in [1.54, 1.807) is 42.5 Å². The molecule has 0 saturated heterocycles. The maximum absolute atomic E-state index is 14.1. The molecule has 3 aromatic carbocycles. The van der Waals surface area contributed by atoms with Gasteiger partial charge >= 0.3 is 5.97 Å². The summed E-state index contributed by atoms with van der Waals surface area (Å²) in [7, 11) is -3.21. The van der Waals surface area contributed by atoms with E-state index in [4.69, 9.17) is 0 Å². The van der Waals surface area contributed by atoms with Crippen LogP contribution in [0.5, 0.6) is 0 Å². The molecule has 3 rings (SSSR count). The number of hydrogen-bond acceptors (Lipinski definition) is 4.